The highest BCUT2D eigenvalue weighted by atomic mass is 16.5. The number of nitrogens with zero attached hydrogens (tertiary/aromatic N) is 2. The molecule has 0 saturated carbocycles. The Morgan fingerprint density at radius 2 is 2.27 bits per heavy atom. The van der Waals surface area contributed by atoms with E-state index in [1.54, 1.807) is 7.11 Å². The molecule has 86 valence electrons. The molecule has 0 aromatic carbocycles. The van der Waals surface area contributed by atoms with E-state index in [0.717, 1.165) is 25.9 Å². The number of hydrogen-bond donors (Lipinski definition) is 1. The molecule has 0 fully saturated rings. The molecule has 0 amide bonds. The van der Waals surface area contributed by atoms with E-state index in [4.69, 9.17) is 9.26 Å². The summed E-state index contributed by atoms with van der Waals surface area (Å²) in [5.74, 6) is 1.31. The summed E-state index contributed by atoms with van der Waals surface area (Å²) in [7, 11) is 1.66. The molecular formula is C10H19N3O2. The van der Waals surface area contributed by atoms with Crippen LogP contribution >= 0.6 is 0 Å². The molecule has 0 aliphatic heterocycles. The highest BCUT2D eigenvalue weighted by Gasteiger charge is 2.15. The normalized spacial score (nSPS) is 13.0. The van der Waals surface area contributed by atoms with Gasteiger partial charge in [-0.3, -0.25) is 0 Å². The fourth-order valence-corrected chi connectivity index (χ4v) is 1.33. The first-order valence-electron chi connectivity index (χ1n) is 5.37. The van der Waals surface area contributed by atoms with Crippen molar-refractivity contribution in [1.82, 2.24) is 15.5 Å². The van der Waals surface area contributed by atoms with E-state index in [2.05, 4.69) is 22.4 Å². The average Bonchev–Trinajstić information content (AvgIpc) is 2.69. The molecule has 0 saturated heterocycles. The molecule has 1 N–H and O–H groups in total. The summed E-state index contributed by atoms with van der Waals surface area (Å²) < 4.78 is 10.3. The van der Waals surface area contributed by atoms with Gasteiger partial charge in [0.1, 0.15) is 6.10 Å². The maximum Gasteiger partial charge on any atom is 0.228 e. The van der Waals surface area contributed by atoms with E-state index in [1.807, 2.05) is 6.92 Å². The lowest BCUT2D eigenvalue weighted by Crippen LogP contribution is -2.16. The Balaban J connectivity index is 2.47. The van der Waals surface area contributed by atoms with Crippen molar-refractivity contribution >= 4 is 0 Å². The minimum Gasteiger partial charge on any atom is -0.373 e. The van der Waals surface area contributed by atoms with Gasteiger partial charge in [-0.2, -0.15) is 4.98 Å². The molecule has 0 aliphatic rings. The molecule has 1 rings (SSSR count). The number of hydrogen-bond acceptors (Lipinski definition) is 5. The number of aromatic nitrogens is 2. The zero-order chi connectivity index (χ0) is 11.1. The second-order valence-electron chi connectivity index (χ2n) is 3.28. The summed E-state index contributed by atoms with van der Waals surface area (Å²) in [5, 5.41) is 7.10. The van der Waals surface area contributed by atoms with E-state index in [0.29, 0.717) is 11.7 Å². The van der Waals surface area contributed by atoms with E-state index >= 15 is 0 Å². The Bertz CT molecular complexity index is 271. The van der Waals surface area contributed by atoms with Crippen LogP contribution < -0.4 is 5.32 Å². The predicted octanol–water partition coefficient (Wildman–Crippen LogP) is 1.32. The molecule has 5 heteroatoms. The SMILES string of the molecule is CCNCCc1nc(C(CC)OC)no1. The summed E-state index contributed by atoms with van der Waals surface area (Å²) in [6.45, 7) is 5.92. The quantitative estimate of drug-likeness (QED) is 0.692. The van der Waals surface area contributed by atoms with Gasteiger partial charge in [0.05, 0.1) is 0 Å². The Morgan fingerprint density at radius 1 is 1.47 bits per heavy atom. The van der Waals surface area contributed by atoms with Gasteiger partial charge in [-0.1, -0.05) is 19.0 Å². The van der Waals surface area contributed by atoms with Gasteiger partial charge < -0.3 is 14.6 Å². The fourth-order valence-electron chi connectivity index (χ4n) is 1.33. The van der Waals surface area contributed by atoms with Gasteiger partial charge >= 0.3 is 0 Å². The molecule has 0 spiro atoms. The van der Waals surface area contributed by atoms with Crippen molar-refractivity contribution < 1.29 is 9.26 Å². The molecule has 0 radical (unpaired) electrons. The van der Waals surface area contributed by atoms with Crippen LogP contribution in [0.5, 0.6) is 0 Å². The van der Waals surface area contributed by atoms with Crippen molar-refractivity contribution in [2.45, 2.75) is 32.8 Å². The third-order valence-corrected chi connectivity index (χ3v) is 2.19. The van der Waals surface area contributed by atoms with Gasteiger partial charge in [0.2, 0.25) is 11.7 Å². The van der Waals surface area contributed by atoms with Gasteiger partial charge in [-0.05, 0) is 13.0 Å². The van der Waals surface area contributed by atoms with Gasteiger partial charge in [-0.25, -0.2) is 0 Å². The molecular weight excluding hydrogens is 194 g/mol. The predicted molar refractivity (Wildman–Crippen MR) is 56.6 cm³/mol. The molecule has 1 unspecified atom stereocenters. The molecule has 0 aliphatic carbocycles. The van der Waals surface area contributed by atoms with Crippen LogP contribution in [-0.2, 0) is 11.2 Å². The lowest BCUT2D eigenvalue weighted by Gasteiger charge is -2.05. The molecule has 1 aromatic heterocycles. The second kappa shape index (κ2) is 6.53. The van der Waals surface area contributed by atoms with Crippen LogP contribution in [0.2, 0.25) is 0 Å². The summed E-state index contributed by atoms with van der Waals surface area (Å²) in [6, 6.07) is 0. The number of nitrogens with one attached hydrogen (secondary N) is 1. The van der Waals surface area contributed by atoms with Crippen molar-refractivity contribution in [3.8, 4) is 0 Å². The highest BCUT2D eigenvalue weighted by Crippen LogP contribution is 2.16. The monoisotopic (exact) mass is 213 g/mol. The zero-order valence-corrected chi connectivity index (χ0v) is 9.62. The largest absolute Gasteiger partial charge is 0.373 e. The van der Waals surface area contributed by atoms with Gasteiger partial charge in [0.25, 0.3) is 0 Å². The van der Waals surface area contributed by atoms with Crippen LogP contribution in [0.4, 0.5) is 0 Å². The summed E-state index contributed by atoms with van der Waals surface area (Å²) in [5.41, 5.74) is 0. The van der Waals surface area contributed by atoms with Crippen molar-refractivity contribution in [2.75, 3.05) is 20.2 Å². The smallest absolute Gasteiger partial charge is 0.228 e. The lowest BCUT2D eigenvalue weighted by atomic mass is 10.2. The van der Waals surface area contributed by atoms with Gasteiger partial charge in [0.15, 0.2) is 0 Å². The summed E-state index contributed by atoms with van der Waals surface area (Å²) >= 11 is 0. The summed E-state index contributed by atoms with van der Waals surface area (Å²) in [6.07, 6.45) is 1.56. The minimum absolute atomic E-state index is 0.0540. The Labute approximate surface area is 90.2 Å². The van der Waals surface area contributed by atoms with Crippen LogP contribution in [0.25, 0.3) is 0 Å². The molecule has 1 atom stereocenters. The average molecular weight is 213 g/mol. The highest BCUT2D eigenvalue weighted by molar-refractivity contribution is 4.91. The Morgan fingerprint density at radius 3 is 2.87 bits per heavy atom. The molecule has 5 nitrogen and oxygen atoms in total. The van der Waals surface area contributed by atoms with Crippen LogP contribution in [0, 0.1) is 0 Å². The summed E-state index contributed by atoms with van der Waals surface area (Å²) in [4.78, 5) is 4.28. The fraction of sp³-hybridized carbons (Fsp3) is 0.800. The first-order chi connectivity index (χ1) is 7.31. The second-order valence-corrected chi connectivity index (χ2v) is 3.28. The molecule has 1 heterocycles. The maximum atomic E-state index is 5.22. The third-order valence-electron chi connectivity index (χ3n) is 2.19. The standard InChI is InChI=1S/C10H19N3O2/c1-4-8(14-3)10-12-9(15-13-10)6-7-11-5-2/h8,11H,4-7H2,1-3H3. The Hall–Kier alpha value is -0.940. The molecule has 15 heavy (non-hydrogen) atoms. The van der Waals surface area contributed by atoms with E-state index < -0.39 is 0 Å². The van der Waals surface area contributed by atoms with Crippen LogP contribution in [0.15, 0.2) is 4.52 Å². The van der Waals surface area contributed by atoms with Crippen LogP contribution in [-0.4, -0.2) is 30.3 Å². The maximum absolute atomic E-state index is 5.22. The van der Waals surface area contributed by atoms with E-state index in [9.17, 15) is 0 Å². The lowest BCUT2D eigenvalue weighted by molar-refractivity contribution is 0.0903. The number of methoxy groups -OCH3 is 1. The first kappa shape index (κ1) is 12.1. The third kappa shape index (κ3) is 3.60. The zero-order valence-electron chi connectivity index (χ0n) is 9.62. The molecule has 0 bridgehead atoms. The van der Waals surface area contributed by atoms with Crippen LogP contribution in [0.1, 0.15) is 38.1 Å². The van der Waals surface area contributed by atoms with E-state index in [1.165, 1.54) is 0 Å². The van der Waals surface area contributed by atoms with Gasteiger partial charge in [0, 0.05) is 20.1 Å². The molecule has 1 aromatic rings. The van der Waals surface area contributed by atoms with Crippen molar-refractivity contribution in [3.63, 3.8) is 0 Å². The van der Waals surface area contributed by atoms with Crippen LogP contribution in [0.3, 0.4) is 0 Å². The number of ether oxygens (including phenoxy) is 1. The van der Waals surface area contributed by atoms with Crippen molar-refractivity contribution in [1.29, 1.82) is 0 Å². The topological polar surface area (TPSA) is 60.2 Å². The Kier molecular flexibility index (Phi) is 5.28. The van der Waals surface area contributed by atoms with Crippen molar-refractivity contribution in [3.05, 3.63) is 11.7 Å². The first-order valence-corrected chi connectivity index (χ1v) is 5.37. The van der Waals surface area contributed by atoms with Gasteiger partial charge in [-0.15, -0.1) is 0 Å². The van der Waals surface area contributed by atoms with Crippen molar-refractivity contribution in [2.24, 2.45) is 0 Å². The van der Waals surface area contributed by atoms with E-state index in [-0.39, 0.29) is 6.10 Å². The number of rotatable bonds is 7. The number of likely N-dealkylation sites (N-methyl/N-ethyl adjacent to an activating group) is 1. The minimum atomic E-state index is -0.0540.